The average Bonchev–Trinajstić information content (AvgIpc) is 3.15. The van der Waals surface area contributed by atoms with Gasteiger partial charge in [-0.05, 0) is 19.4 Å². The first kappa shape index (κ1) is 28.5. The maximum Gasteiger partial charge on any atom is 0.323 e. The van der Waals surface area contributed by atoms with Crippen LogP contribution in [-0.2, 0) is 9.59 Å². The number of nitrogens with zero attached hydrogens (tertiary/aromatic N) is 3. The summed E-state index contributed by atoms with van der Waals surface area (Å²) in [5.74, 6) is -2.16. The van der Waals surface area contributed by atoms with Crippen molar-refractivity contribution < 1.29 is 25.0 Å². The van der Waals surface area contributed by atoms with Crippen LogP contribution in [0.25, 0.3) is 0 Å². The van der Waals surface area contributed by atoms with Crippen LogP contribution in [0.2, 0.25) is 0 Å². The highest BCUT2D eigenvalue weighted by molar-refractivity contribution is 5.80. The van der Waals surface area contributed by atoms with Crippen LogP contribution in [0.15, 0.2) is 24.1 Å². The van der Waals surface area contributed by atoms with Crippen molar-refractivity contribution in [2.75, 3.05) is 20.1 Å². The predicted octanol–water partition coefficient (Wildman–Crippen LogP) is -1.02. The van der Waals surface area contributed by atoms with Crippen LogP contribution in [0.4, 0.5) is 0 Å². The normalized spacial score (nSPS) is 9.59. The van der Waals surface area contributed by atoms with E-state index in [0.29, 0.717) is 13.0 Å². The van der Waals surface area contributed by atoms with Crippen molar-refractivity contribution in [3.8, 4) is 0 Å². The zero-order valence-electron chi connectivity index (χ0n) is 15.0. The second-order valence-corrected chi connectivity index (χ2v) is 4.71. The highest BCUT2D eigenvalue weighted by atomic mass is 16.6. The smallest absolute Gasteiger partial charge is 0.323 e. The van der Waals surface area contributed by atoms with E-state index in [4.69, 9.17) is 42.9 Å². The number of carboxylic acid groups (broad SMARTS) is 2. The third-order valence-electron chi connectivity index (χ3n) is 2.48. The SMILES string of the molecule is CN(CC(=O)O)C(=N)N.NCCCCC(N)C(=O)O.O=NO.c1c[nH]cn1. The maximum atomic E-state index is 10.1. The van der Waals surface area contributed by atoms with Gasteiger partial charge in [0.15, 0.2) is 11.3 Å². The number of carbonyl (C=O) groups is 2. The minimum absolute atomic E-state index is 0.227. The number of aromatic nitrogens is 2. The first-order valence-electron chi connectivity index (χ1n) is 7.48. The molecule has 0 bridgehead atoms. The molecule has 14 nitrogen and oxygen atoms in total. The molecule has 27 heavy (non-hydrogen) atoms. The molecule has 0 aliphatic rings. The molecule has 0 saturated heterocycles. The van der Waals surface area contributed by atoms with Gasteiger partial charge in [0.1, 0.15) is 12.6 Å². The number of guanidine groups is 1. The van der Waals surface area contributed by atoms with Crippen LogP contribution < -0.4 is 17.2 Å². The Morgan fingerprint density at radius 1 is 1.37 bits per heavy atom. The van der Waals surface area contributed by atoms with E-state index in [2.05, 4.69) is 9.97 Å². The number of nitrogens with one attached hydrogen (secondary N) is 2. The summed E-state index contributed by atoms with van der Waals surface area (Å²) >= 11 is 0. The van der Waals surface area contributed by atoms with E-state index in [1.165, 1.54) is 12.4 Å². The van der Waals surface area contributed by atoms with Gasteiger partial charge in [-0.1, -0.05) is 6.42 Å². The van der Waals surface area contributed by atoms with Crippen molar-refractivity contribution in [2.45, 2.75) is 25.3 Å². The number of imidazole rings is 1. The van der Waals surface area contributed by atoms with Crippen LogP contribution in [-0.4, -0.2) is 74.4 Å². The van der Waals surface area contributed by atoms with Crippen LogP contribution in [0.1, 0.15) is 19.3 Å². The fourth-order valence-corrected chi connectivity index (χ4v) is 1.14. The average molecular weight is 392 g/mol. The second-order valence-electron chi connectivity index (χ2n) is 4.71. The van der Waals surface area contributed by atoms with Gasteiger partial charge < -0.3 is 42.5 Å². The summed E-state index contributed by atoms with van der Waals surface area (Å²) in [6, 6.07) is -0.716. The summed E-state index contributed by atoms with van der Waals surface area (Å²) in [4.78, 5) is 35.7. The van der Waals surface area contributed by atoms with Gasteiger partial charge in [-0.25, -0.2) is 4.98 Å². The zero-order chi connectivity index (χ0) is 21.7. The number of hydrogen-bond acceptors (Lipinski definition) is 8. The molecule has 1 aromatic rings. The standard InChI is InChI=1S/C6H14N2O2.C4H9N3O2.C3H4N2.HNO2/c7-4-2-1-3-5(8)6(9)10;1-7(4(5)6)2-3(8)9;1-2-5-3-4-1;2-1-3/h5H,1-4,7-8H2,(H,9,10);2H2,1H3,(H3,5,6)(H,8,9);1-3H,(H,4,5);(H,2,3). The molecule has 156 valence electrons. The Morgan fingerprint density at radius 2 is 1.93 bits per heavy atom. The first-order valence-corrected chi connectivity index (χ1v) is 7.48. The van der Waals surface area contributed by atoms with Gasteiger partial charge in [0, 0.05) is 19.4 Å². The summed E-state index contributed by atoms with van der Waals surface area (Å²) < 4.78 is 0. The van der Waals surface area contributed by atoms with Gasteiger partial charge >= 0.3 is 11.9 Å². The van der Waals surface area contributed by atoms with Gasteiger partial charge in [0.05, 0.1) is 6.33 Å². The van der Waals surface area contributed by atoms with Crippen LogP contribution in [0.5, 0.6) is 0 Å². The summed E-state index contributed by atoms with van der Waals surface area (Å²) in [5.41, 5.74) is 15.3. The molecule has 1 atom stereocenters. The number of rotatable bonds is 7. The lowest BCUT2D eigenvalue weighted by molar-refractivity contribution is -0.139. The molecular weight excluding hydrogens is 364 g/mol. The fourth-order valence-electron chi connectivity index (χ4n) is 1.14. The summed E-state index contributed by atoms with van der Waals surface area (Å²) in [6.07, 6.45) is 7.25. The van der Waals surface area contributed by atoms with E-state index < -0.39 is 18.0 Å². The Morgan fingerprint density at radius 3 is 2.15 bits per heavy atom. The minimum Gasteiger partial charge on any atom is -0.480 e. The second kappa shape index (κ2) is 20.8. The number of H-pyrrole nitrogens is 1. The number of carboxylic acids is 2. The molecule has 1 heterocycles. The van der Waals surface area contributed by atoms with E-state index in [1.807, 2.05) is 0 Å². The topological polar surface area (TPSA) is 258 Å². The minimum atomic E-state index is -0.993. The molecule has 1 rings (SSSR count). The summed E-state index contributed by atoms with van der Waals surface area (Å²) in [5, 5.41) is 31.1. The van der Waals surface area contributed by atoms with Crippen molar-refractivity contribution in [2.24, 2.45) is 22.5 Å². The zero-order valence-corrected chi connectivity index (χ0v) is 15.0. The van der Waals surface area contributed by atoms with Crippen molar-refractivity contribution in [3.63, 3.8) is 0 Å². The Balaban J connectivity index is -0.000000308. The monoisotopic (exact) mass is 392 g/mol. The summed E-state index contributed by atoms with van der Waals surface area (Å²) in [7, 11) is 1.44. The van der Waals surface area contributed by atoms with E-state index >= 15 is 0 Å². The van der Waals surface area contributed by atoms with Crippen molar-refractivity contribution in [1.29, 1.82) is 5.41 Å². The molecule has 11 N–H and O–H groups in total. The van der Waals surface area contributed by atoms with Gasteiger partial charge in [0.25, 0.3) is 0 Å². The Labute approximate surface area is 155 Å². The number of aromatic amines is 1. The highest BCUT2D eigenvalue weighted by Gasteiger charge is 2.09. The number of nitrogens with two attached hydrogens (primary N) is 3. The molecule has 0 aliphatic heterocycles. The van der Waals surface area contributed by atoms with Crippen molar-refractivity contribution in [1.82, 2.24) is 14.9 Å². The first-order chi connectivity index (χ1) is 12.6. The quantitative estimate of drug-likeness (QED) is 0.0914. The molecule has 0 aromatic carbocycles. The number of unbranched alkanes of at least 4 members (excludes halogenated alkanes) is 1. The van der Waals surface area contributed by atoms with Gasteiger partial charge in [-0.15, -0.1) is 4.91 Å². The van der Waals surface area contributed by atoms with Gasteiger partial charge in [-0.3, -0.25) is 15.0 Å². The predicted molar refractivity (Wildman–Crippen MR) is 96.9 cm³/mol. The molecule has 1 aromatic heterocycles. The molecular formula is C13H28N8O6. The molecule has 0 aliphatic carbocycles. The number of aliphatic carboxylic acids is 2. The van der Waals surface area contributed by atoms with Crippen molar-refractivity contribution in [3.05, 3.63) is 23.6 Å². The number of likely N-dealkylation sites (N-methyl/N-ethyl adjacent to an activating group) is 1. The van der Waals surface area contributed by atoms with Gasteiger partial charge in [0.2, 0.25) is 0 Å². The Bertz CT molecular complexity index is 482. The lowest BCUT2D eigenvalue weighted by Crippen LogP contribution is -2.36. The number of hydrogen-bond donors (Lipinski definition) is 8. The lowest BCUT2D eigenvalue weighted by Gasteiger charge is -2.12. The third kappa shape index (κ3) is 27.9. The Hall–Kier alpha value is -3.26. The van der Waals surface area contributed by atoms with Crippen LogP contribution in [0.3, 0.4) is 0 Å². The molecule has 0 saturated carbocycles. The van der Waals surface area contributed by atoms with E-state index in [0.717, 1.165) is 17.7 Å². The molecule has 0 amide bonds. The molecule has 0 spiro atoms. The Kier molecular flexibility index (Phi) is 22.0. The largest absolute Gasteiger partial charge is 0.480 e. The van der Waals surface area contributed by atoms with E-state index in [9.17, 15) is 9.59 Å². The molecule has 1 unspecified atom stereocenters. The lowest BCUT2D eigenvalue weighted by atomic mass is 10.1. The highest BCUT2D eigenvalue weighted by Crippen LogP contribution is 1.96. The van der Waals surface area contributed by atoms with E-state index in [-0.39, 0.29) is 12.5 Å². The van der Waals surface area contributed by atoms with Crippen LogP contribution in [0, 0.1) is 10.3 Å². The maximum absolute atomic E-state index is 10.1. The third-order valence-corrected chi connectivity index (χ3v) is 2.48. The van der Waals surface area contributed by atoms with E-state index in [1.54, 1.807) is 18.7 Å². The summed E-state index contributed by atoms with van der Waals surface area (Å²) in [6.45, 7) is 0.377. The molecule has 0 fully saturated rings. The van der Waals surface area contributed by atoms with Crippen molar-refractivity contribution >= 4 is 17.9 Å². The fraction of sp³-hybridized carbons (Fsp3) is 0.538. The van der Waals surface area contributed by atoms with Crippen LogP contribution >= 0.6 is 0 Å². The molecule has 14 heteroatoms. The van der Waals surface area contributed by atoms with Gasteiger partial charge in [-0.2, -0.15) is 0 Å². The molecule has 0 radical (unpaired) electrons.